The molecule has 0 saturated heterocycles. The van der Waals surface area contributed by atoms with E-state index in [1.165, 1.54) is 14.0 Å². The lowest BCUT2D eigenvalue weighted by molar-refractivity contribution is -0.524. The van der Waals surface area contributed by atoms with Crippen LogP contribution in [0.3, 0.4) is 0 Å². The molecule has 6 nitrogen and oxygen atoms in total. The van der Waals surface area contributed by atoms with Crippen LogP contribution in [0, 0.1) is 10.1 Å². The van der Waals surface area contributed by atoms with E-state index >= 15 is 0 Å². The molecule has 15 heavy (non-hydrogen) atoms. The van der Waals surface area contributed by atoms with E-state index in [0.29, 0.717) is 0 Å². The van der Waals surface area contributed by atoms with Crippen LogP contribution in [-0.2, 0) is 14.3 Å². The zero-order valence-electron chi connectivity index (χ0n) is 8.89. The largest absolute Gasteiger partial charge is 0.469 e. The minimum Gasteiger partial charge on any atom is -0.469 e. The van der Waals surface area contributed by atoms with Gasteiger partial charge in [-0.3, -0.25) is 14.9 Å². The van der Waals surface area contributed by atoms with Crippen LogP contribution in [0.15, 0.2) is 0 Å². The fourth-order valence-corrected chi connectivity index (χ4v) is 1.11. The molecular formula is C9H15NO5. The summed E-state index contributed by atoms with van der Waals surface area (Å²) in [6, 6.07) is -0.840. The highest BCUT2D eigenvalue weighted by Gasteiger charge is 2.21. The van der Waals surface area contributed by atoms with Gasteiger partial charge in [0.05, 0.1) is 13.5 Å². The number of carbonyl (C=O) groups is 2. The van der Waals surface area contributed by atoms with Crippen LogP contribution in [0.4, 0.5) is 0 Å². The van der Waals surface area contributed by atoms with Crippen molar-refractivity contribution in [1.29, 1.82) is 0 Å². The van der Waals surface area contributed by atoms with Gasteiger partial charge in [-0.25, -0.2) is 0 Å². The lowest BCUT2D eigenvalue weighted by Crippen LogP contribution is -2.21. The van der Waals surface area contributed by atoms with Crippen LogP contribution in [-0.4, -0.2) is 29.8 Å². The fraction of sp³-hybridized carbons (Fsp3) is 0.778. The molecule has 0 heterocycles. The van der Waals surface area contributed by atoms with E-state index in [1.54, 1.807) is 0 Å². The molecular weight excluding hydrogens is 202 g/mol. The van der Waals surface area contributed by atoms with Crippen molar-refractivity contribution in [2.24, 2.45) is 0 Å². The molecule has 0 fully saturated rings. The predicted molar refractivity (Wildman–Crippen MR) is 51.9 cm³/mol. The second-order valence-electron chi connectivity index (χ2n) is 3.29. The second kappa shape index (κ2) is 6.92. The average molecular weight is 217 g/mol. The van der Waals surface area contributed by atoms with E-state index in [2.05, 4.69) is 4.74 Å². The quantitative estimate of drug-likeness (QED) is 0.360. The van der Waals surface area contributed by atoms with Crippen molar-refractivity contribution in [2.75, 3.05) is 7.11 Å². The van der Waals surface area contributed by atoms with Gasteiger partial charge in [0.25, 0.3) is 0 Å². The highest BCUT2D eigenvalue weighted by molar-refractivity contribution is 5.75. The third-order valence-corrected chi connectivity index (χ3v) is 2.04. The summed E-state index contributed by atoms with van der Waals surface area (Å²) in [4.78, 5) is 31.5. The van der Waals surface area contributed by atoms with Crippen molar-refractivity contribution in [3.8, 4) is 0 Å². The van der Waals surface area contributed by atoms with Gasteiger partial charge < -0.3 is 9.53 Å². The van der Waals surface area contributed by atoms with Crippen LogP contribution >= 0.6 is 0 Å². The molecule has 0 aromatic rings. The molecule has 0 rings (SSSR count). The van der Waals surface area contributed by atoms with Crippen LogP contribution in [0.5, 0.6) is 0 Å². The normalized spacial score (nSPS) is 11.9. The third kappa shape index (κ3) is 6.59. The molecule has 0 saturated carbocycles. The average Bonchev–Trinajstić information content (AvgIpc) is 2.16. The van der Waals surface area contributed by atoms with Crippen molar-refractivity contribution in [1.82, 2.24) is 0 Å². The van der Waals surface area contributed by atoms with E-state index in [9.17, 15) is 19.7 Å². The molecule has 0 aromatic heterocycles. The number of esters is 1. The highest BCUT2D eigenvalue weighted by Crippen LogP contribution is 2.09. The molecule has 0 N–H and O–H groups in total. The predicted octanol–water partition coefficient (Wildman–Crippen LogP) is 0.954. The summed E-state index contributed by atoms with van der Waals surface area (Å²) >= 11 is 0. The Hall–Kier alpha value is -1.46. The minimum absolute atomic E-state index is 0.0139. The van der Waals surface area contributed by atoms with E-state index in [-0.39, 0.29) is 31.5 Å². The summed E-state index contributed by atoms with van der Waals surface area (Å²) in [6.07, 6.45) is 0.485. The Labute approximate surface area is 87.7 Å². The standard InChI is InChI=1S/C9H15NO5/c1-7(11)3-4-8(10(13)14)5-6-9(12)15-2/h8H,3-6H2,1-2H3. The first-order chi connectivity index (χ1) is 6.97. The lowest BCUT2D eigenvalue weighted by atomic mass is 10.1. The van der Waals surface area contributed by atoms with Crippen molar-refractivity contribution >= 4 is 11.8 Å². The molecule has 0 aliphatic rings. The summed E-state index contributed by atoms with van der Waals surface area (Å²) in [7, 11) is 1.24. The Bertz CT molecular complexity index is 251. The molecule has 0 bridgehead atoms. The Morgan fingerprint density at radius 3 is 2.27 bits per heavy atom. The molecule has 1 unspecified atom stereocenters. The number of methoxy groups -OCH3 is 1. The topological polar surface area (TPSA) is 86.5 Å². The summed E-state index contributed by atoms with van der Waals surface area (Å²) in [5, 5.41) is 10.6. The number of ether oxygens (including phenoxy) is 1. The number of rotatable bonds is 7. The van der Waals surface area contributed by atoms with Gasteiger partial charge in [-0.15, -0.1) is 0 Å². The van der Waals surface area contributed by atoms with Crippen LogP contribution in [0.25, 0.3) is 0 Å². The van der Waals surface area contributed by atoms with Crippen molar-refractivity contribution in [3.63, 3.8) is 0 Å². The molecule has 86 valence electrons. The molecule has 0 amide bonds. The smallest absolute Gasteiger partial charge is 0.305 e. The summed E-state index contributed by atoms with van der Waals surface area (Å²) < 4.78 is 4.38. The van der Waals surface area contributed by atoms with Crippen LogP contribution < -0.4 is 0 Å². The maximum Gasteiger partial charge on any atom is 0.305 e. The van der Waals surface area contributed by atoms with Gasteiger partial charge in [0, 0.05) is 24.2 Å². The Kier molecular flexibility index (Phi) is 6.24. The van der Waals surface area contributed by atoms with Gasteiger partial charge in [-0.2, -0.15) is 0 Å². The third-order valence-electron chi connectivity index (χ3n) is 2.04. The lowest BCUT2D eigenvalue weighted by Gasteiger charge is -2.07. The summed E-state index contributed by atoms with van der Waals surface area (Å²) in [5.74, 6) is -0.551. The monoisotopic (exact) mass is 217 g/mol. The van der Waals surface area contributed by atoms with Gasteiger partial charge in [-0.05, 0) is 6.92 Å². The number of nitrogens with zero attached hydrogens (tertiary/aromatic N) is 1. The maximum absolute atomic E-state index is 10.8. The van der Waals surface area contributed by atoms with E-state index in [4.69, 9.17) is 0 Å². The van der Waals surface area contributed by atoms with Gasteiger partial charge in [0.1, 0.15) is 5.78 Å². The first kappa shape index (κ1) is 13.5. The van der Waals surface area contributed by atoms with E-state index in [0.717, 1.165) is 0 Å². The van der Waals surface area contributed by atoms with Gasteiger partial charge >= 0.3 is 5.97 Å². The van der Waals surface area contributed by atoms with Gasteiger partial charge in [-0.1, -0.05) is 0 Å². The molecule has 6 heteroatoms. The van der Waals surface area contributed by atoms with Gasteiger partial charge in [0.2, 0.25) is 6.04 Å². The number of nitro groups is 1. The van der Waals surface area contributed by atoms with Crippen LogP contribution in [0.2, 0.25) is 0 Å². The number of ketones is 1. The Morgan fingerprint density at radius 1 is 1.33 bits per heavy atom. The van der Waals surface area contributed by atoms with Crippen molar-refractivity contribution in [3.05, 3.63) is 10.1 Å². The first-order valence-electron chi connectivity index (χ1n) is 4.67. The highest BCUT2D eigenvalue weighted by atomic mass is 16.6. The van der Waals surface area contributed by atoms with E-state index < -0.39 is 16.9 Å². The fourth-order valence-electron chi connectivity index (χ4n) is 1.11. The Balaban J connectivity index is 3.99. The van der Waals surface area contributed by atoms with Crippen molar-refractivity contribution in [2.45, 2.75) is 38.6 Å². The molecule has 0 aromatic carbocycles. The second-order valence-corrected chi connectivity index (χ2v) is 3.29. The van der Waals surface area contributed by atoms with Crippen LogP contribution in [0.1, 0.15) is 32.6 Å². The van der Waals surface area contributed by atoms with Crippen molar-refractivity contribution < 1.29 is 19.2 Å². The minimum atomic E-state index is -0.840. The number of hydrogen-bond acceptors (Lipinski definition) is 5. The Morgan fingerprint density at radius 2 is 1.87 bits per heavy atom. The van der Waals surface area contributed by atoms with E-state index in [1.807, 2.05) is 0 Å². The van der Waals surface area contributed by atoms with Gasteiger partial charge in [0.15, 0.2) is 0 Å². The molecule has 0 spiro atoms. The summed E-state index contributed by atoms with van der Waals surface area (Å²) in [6.45, 7) is 1.39. The number of hydrogen-bond donors (Lipinski definition) is 0. The number of Topliss-reactive ketones (excluding diaryl/α,β-unsaturated/α-hetero) is 1. The maximum atomic E-state index is 10.8. The molecule has 0 radical (unpaired) electrons. The zero-order valence-corrected chi connectivity index (χ0v) is 8.89. The first-order valence-corrected chi connectivity index (χ1v) is 4.67. The number of carbonyl (C=O) groups excluding carboxylic acids is 2. The molecule has 0 aliphatic heterocycles. The molecule has 0 aliphatic carbocycles. The zero-order chi connectivity index (χ0) is 11.8. The summed E-state index contributed by atoms with van der Waals surface area (Å²) in [5.41, 5.74) is 0. The molecule has 1 atom stereocenters. The SMILES string of the molecule is COC(=O)CCC(CCC(C)=O)[N+](=O)[O-].